The molecule has 2 aromatic rings. The van der Waals surface area contributed by atoms with Crippen LogP contribution in [0.5, 0.6) is 0 Å². The lowest BCUT2D eigenvalue weighted by atomic mass is 10.2. The fourth-order valence-electron chi connectivity index (χ4n) is 2.21. The van der Waals surface area contributed by atoms with Gasteiger partial charge in [0.2, 0.25) is 0 Å². The second-order valence-electron chi connectivity index (χ2n) is 4.89. The Kier molecular flexibility index (Phi) is 3.85. The third-order valence-electron chi connectivity index (χ3n) is 3.12. The first-order valence-corrected chi connectivity index (χ1v) is 8.11. The number of nitrogens with zero attached hydrogens (tertiary/aromatic N) is 2. The van der Waals surface area contributed by atoms with Gasteiger partial charge in [0.25, 0.3) is 0 Å². The van der Waals surface area contributed by atoms with Gasteiger partial charge in [0, 0.05) is 6.54 Å². The number of sulfone groups is 1. The Morgan fingerprint density at radius 1 is 1.25 bits per heavy atom. The predicted octanol–water partition coefficient (Wildman–Crippen LogP) is 2.08. The molecule has 0 spiro atoms. The highest BCUT2D eigenvalue weighted by atomic mass is 32.2. The number of rotatable bonds is 4. The molecule has 0 aliphatic heterocycles. The summed E-state index contributed by atoms with van der Waals surface area (Å²) in [6.45, 7) is 6.30. The van der Waals surface area contributed by atoms with E-state index in [1.807, 2.05) is 20.8 Å². The number of benzene rings is 1. The summed E-state index contributed by atoms with van der Waals surface area (Å²) in [5.74, 6) is -0.0884. The highest BCUT2D eigenvalue weighted by Gasteiger charge is 2.20. The Hall–Kier alpha value is -1.82. The number of anilines is 1. The normalized spacial score (nSPS) is 11.8. The minimum absolute atomic E-state index is 0.0884. The molecule has 0 aliphatic rings. The summed E-state index contributed by atoms with van der Waals surface area (Å²) in [6.07, 6.45) is 0. The van der Waals surface area contributed by atoms with E-state index in [2.05, 4.69) is 5.10 Å². The van der Waals surface area contributed by atoms with E-state index < -0.39 is 9.84 Å². The summed E-state index contributed by atoms with van der Waals surface area (Å²) in [5, 5.41) is 4.26. The van der Waals surface area contributed by atoms with Gasteiger partial charge in [-0.3, -0.25) is 4.68 Å². The lowest BCUT2D eigenvalue weighted by molar-refractivity contribution is 0.586. The molecule has 20 heavy (non-hydrogen) atoms. The van der Waals surface area contributed by atoms with E-state index in [1.54, 1.807) is 28.9 Å². The van der Waals surface area contributed by atoms with Crippen molar-refractivity contribution >= 4 is 15.5 Å². The van der Waals surface area contributed by atoms with E-state index in [0.717, 1.165) is 11.3 Å². The monoisotopic (exact) mass is 293 g/mol. The van der Waals surface area contributed by atoms with Gasteiger partial charge in [-0.05, 0) is 44.5 Å². The van der Waals surface area contributed by atoms with Gasteiger partial charge < -0.3 is 5.73 Å². The molecule has 0 bridgehead atoms. The van der Waals surface area contributed by atoms with Crippen LogP contribution in [0.1, 0.15) is 23.9 Å². The van der Waals surface area contributed by atoms with Crippen LogP contribution in [0.3, 0.4) is 0 Å². The van der Waals surface area contributed by atoms with Gasteiger partial charge in [-0.25, -0.2) is 8.42 Å². The topological polar surface area (TPSA) is 78.0 Å². The molecule has 5 nitrogen and oxygen atoms in total. The molecule has 0 unspecified atom stereocenters. The van der Waals surface area contributed by atoms with Crippen molar-refractivity contribution < 1.29 is 8.42 Å². The van der Waals surface area contributed by atoms with E-state index in [4.69, 9.17) is 5.73 Å². The second kappa shape index (κ2) is 5.28. The first-order valence-electron chi connectivity index (χ1n) is 6.45. The van der Waals surface area contributed by atoms with Crippen molar-refractivity contribution in [3.63, 3.8) is 0 Å². The van der Waals surface area contributed by atoms with E-state index >= 15 is 0 Å². The van der Waals surface area contributed by atoms with Gasteiger partial charge in [0.15, 0.2) is 9.84 Å². The van der Waals surface area contributed by atoms with Gasteiger partial charge in [-0.1, -0.05) is 6.07 Å². The van der Waals surface area contributed by atoms with Crippen LogP contribution in [-0.2, 0) is 22.1 Å². The minimum atomic E-state index is -3.47. The molecule has 0 amide bonds. The Bertz CT molecular complexity index is 733. The molecular weight excluding hydrogens is 274 g/mol. The molecule has 1 heterocycles. The van der Waals surface area contributed by atoms with Crippen molar-refractivity contribution in [2.45, 2.75) is 38.0 Å². The summed E-state index contributed by atoms with van der Waals surface area (Å²) in [6, 6.07) is 6.80. The zero-order valence-corrected chi connectivity index (χ0v) is 12.7. The minimum Gasteiger partial charge on any atom is -0.398 e. The van der Waals surface area contributed by atoms with Gasteiger partial charge in [-0.15, -0.1) is 0 Å². The Labute approximate surface area is 119 Å². The number of hydrogen-bond donors (Lipinski definition) is 1. The maximum Gasteiger partial charge on any atom is 0.186 e. The summed E-state index contributed by atoms with van der Waals surface area (Å²) in [5.41, 5.74) is 8.57. The lowest BCUT2D eigenvalue weighted by Crippen LogP contribution is -2.12. The summed E-state index contributed by atoms with van der Waals surface area (Å²) in [7, 11) is -3.47. The maximum atomic E-state index is 12.5. The zero-order valence-electron chi connectivity index (χ0n) is 11.9. The third kappa shape index (κ3) is 2.85. The first kappa shape index (κ1) is 14.6. The summed E-state index contributed by atoms with van der Waals surface area (Å²) >= 11 is 0. The van der Waals surface area contributed by atoms with Crippen molar-refractivity contribution in [3.05, 3.63) is 41.2 Å². The fourth-order valence-corrected chi connectivity index (χ4v) is 3.68. The van der Waals surface area contributed by atoms with Gasteiger partial charge in [-0.2, -0.15) is 5.10 Å². The van der Waals surface area contributed by atoms with Crippen LogP contribution < -0.4 is 5.73 Å². The Balaban J connectivity index is 2.40. The zero-order chi connectivity index (χ0) is 14.9. The van der Waals surface area contributed by atoms with Crippen molar-refractivity contribution in [1.29, 1.82) is 0 Å². The smallest absolute Gasteiger partial charge is 0.186 e. The SMILES string of the molecule is CCn1nc(C)cc1CS(=O)(=O)c1ccc(C)cc1N. The number of hydrogen-bond acceptors (Lipinski definition) is 4. The van der Waals surface area contributed by atoms with Crippen molar-refractivity contribution in [3.8, 4) is 0 Å². The lowest BCUT2D eigenvalue weighted by Gasteiger charge is -2.09. The van der Waals surface area contributed by atoms with Crippen LogP contribution in [0.25, 0.3) is 0 Å². The van der Waals surface area contributed by atoms with Crippen LogP contribution in [0.4, 0.5) is 5.69 Å². The highest BCUT2D eigenvalue weighted by Crippen LogP contribution is 2.23. The van der Waals surface area contributed by atoms with Gasteiger partial charge in [0.1, 0.15) is 0 Å². The molecule has 0 atom stereocenters. The summed E-state index contributed by atoms with van der Waals surface area (Å²) < 4.78 is 26.7. The number of nitrogen functional groups attached to an aromatic ring is 1. The molecule has 2 N–H and O–H groups in total. The molecule has 0 aliphatic carbocycles. The van der Waals surface area contributed by atoms with Crippen molar-refractivity contribution in [2.24, 2.45) is 0 Å². The van der Waals surface area contributed by atoms with Crippen LogP contribution in [-0.4, -0.2) is 18.2 Å². The summed E-state index contributed by atoms with van der Waals surface area (Å²) in [4.78, 5) is 0.185. The first-order chi connectivity index (χ1) is 9.33. The molecule has 108 valence electrons. The molecule has 0 radical (unpaired) electrons. The Morgan fingerprint density at radius 3 is 2.55 bits per heavy atom. The standard InChI is InChI=1S/C14H19N3O2S/c1-4-17-12(8-11(3)16-17)9-20(18,19)14-6-5-10(2)7-13(14)15/h5-8H,4,9,15H2,1-3H3. The number of aryl methyl sites for hydroxylation is 3. The van der Waals surface area contributed by atoms with Crippen LogP contribution in [0.15, 0.2) is 29.2 Å². The van der Waals surface area contributed by atoms with Crippen LogP contribution in [0, 0.1) is 13.8 Å². The number of nitrogens with two attached hydrogens (primary N) is 1. The largest absolute Gasteiger partial charge is 0.398 e. The van der Waals surface area contributed by atoms with Crippen molar-refractivity contribution in [2.75, 3.05) is 5.73 Å². The van der Waals surface area contributed by atoms with E-state index in [1.165, 1.54) is 0 Å². The quantitative estimate of drug-likeness (QED) is 0.875. The van der Waals surface area contributed by atoms with Crippen LogP contribution >= 0.6 is 0 Å². The molecule has 1 aromatic carbocycles. The molecule has 6 heteroatoms. The highest BCUT2D eigenvalue weighted by molar-refractivity contribution is 7.90. The van der Waals surface area contributed by atoms with Crippen molar-refractivity contribution in [1.82, 2.24) is 9.78 Å². The Morgan fingerprint density at radius 2 is 1.95 bits per heavy atom. The van der Waals surface area contributed by atoms with E-state index in [9.17, 15) is 8.42 Å². The molecule has 0 saturated heterocycles. The average Bonchev–Trinajstić information content (AvgIpc) is 2.67. The van der Waals surface area contributed by atoms with Crippen LogP contribution in [0.2, 0.25) is 0 Å². The molecule has 1 aromatic heterocycles. The molecule has 0 saturated carbocycles. The van der Waals surface area contributed by atoms with Gasteiger partial charge in [0.05, 0.1) is 27.7 Å². The predicted molar refractivity (Wildman–Crippen MR) is 79.1 cm³/mol. The van der Waals surface area contributed by atoms with E-state index in [0.29, 0.717) is 17.9 Å². The molecular formula is C14H19N3O2S. The third-order valence-corrected chi connectivity index (χ3v) is 4.84. The average molecular weight is 293 g/mol. The molecule has 2 rings (SSSR count). The number of aromatic nitrogens is 2. The second-order valence-corrected chi connectivity index (χ2v) is 6.85. The maximum absolute atomic E-state index is 12.5. The fraction of sp³-hybridized carbons (Fsp3) is 0.357. The van der Waals surface area contributed by atoms with Gasteiger partial charge >= 0.3 is 0 Å². The van der Waals surface area contributed by atoms with E-state index in [-0.39, 0.29) is 10.6 Å². The molecule has 0 fully saturated rings.